The van der Waals surface area contributed by atoms with Gasteiger partial charge in [-0.25, -0.2) is 4.68 Å². The van der Waals surface area contributed by atoms with Crippen LogP contribution in [-0.2, 0) is 16.1 Å². The molecule has 1 aliphatic heterocycles. The van der Waals surface area contributed by atoms with Gasteiger partial charge in [0.25, 0.3) is 5.91 Å². The SMILES string of the molecule is CCOC(=O)C1CCN(C(=O)c2c(C)nn(Cc3ccccc3Cl)c2Cl)CC1. The maximum absolute atomic E-state index is 13.0. The minimum Gasteiger partial charge on any atom is -0.466 e. The Morgan fingerprint density at radius 3 is 2.54 bits per heavy atom. The second kappa shape index (κ2) is 8.97. The molecule has 1 saturated heterocycles. The fraction of sp³-hybridized carbons (Fsp3) is 0.450. The predicted molar refractivity (Wildman–Crippen MR) is 108 cm³/mol. The van der Waals surface area contributed by atoms with Crippen LogP contribution in [0.25, 0.3) is 0 Å². The van der Waals surface area contributed by atoms with Crippen molar-refractivity contribution in [3.8, 4) is 0 Å². The Labute approximate surface area is 174 Å². The molecular formula is C20H23Cl2N3O3. The smallest absolute Gasteiger partial charge is 0.309 e. The van der Waals surface area contributed by atoms with Crippen molar-refractivity contribution in [2.45, 2.75) is 33.2 Å². The third-order valence-corrected chi connectivity index (χ3v) is 5.71. The zero-order chi connectivity index (χ0) is 20.3. The minimum absolute atomic E-state index is 0.150. The molecule has 1 aliphatic rings. The van der Waals surface area contributed by atoms with E-state index in [0.29, 0.717) is 60.5 Å². The quantitative estimate of drug-likeness (QED) is 0.682. The zero-order valence-corrected chi connectivity index (χ0v) is 17.5. The van der Waals surface area contributed by atoms with Crippen molar-refractivity contribution in [3.63, 3.8) is 0 Å². The Balaban J connectivity index is 1.72. The highest BCUT2D eigenvalue weighted by Gasteiger charge is 2.31. The topological polar surface area (TPSA) is 64.4 Å². The number of halogens is 2. The fourth-order valence-electron chi connectivity index (χ4n) is 3.43. The first kappa shape index (κ1) is 20.7. The summed E-state index contributed by atoms with van der Waals surface area (Å²) in [7, 11) is 0. The zero-order valence-electron chi connectivity index (χ0n) is 16.0. The summed E-state index contributed by atoms with van der Waals surface area (Å²) in [6.45, 7) is 5.31. The van der Waals surface area contributed by atoms with E-state index in [0.717, 1.165) is 5.56 Å². The number of likely N-dealkylation sites (tertiary alicyclic amines) is 1. The molecule has 1 amide bonds. The van der Waals surface area contributed by atoms with Gasteiger partial charge in [0, 0.05) is 18.1 Å². The van der Waals surface area contributed by atoms with Gasteiger partial charge in [0.15, 0.2) is 0 Å². The summed E-state index contributed by atoms with van der Waals surface area (Å²) in [6.07, 6.45) is 1.18. The van der Waals surface area contributed by atoms with E-state index < -0.39 is 0 Å². The number of hydrogen-bond donors (Lipinski definition) is 0. The molecule has 1 aromatic carbocycles. The van der Waals surface area contributed by atoms with E-state index >= 15 is 0 Å². The summed E-state index contributed by atoms with van der Waals surface area (Å²) in [5, 5.41) is 5.36. The molecular weight excluding hydrogens is 401 g/mol. The van der Waals surface area contributed by atoms with E-state index in [1.54, 1.807) is 29.5 Å². The molecule has 6 nitrogen and oxygen atoms in total. The number of piperidine rings is 1. The first-order chi connectivity index (χ1) is 13.4. The molecule has 1 aromatic heterocycles. The van der Waals surface area contributed by atoms with Crippen LogP contribution >= 0.6 is 23.2 Å². The monoisotopic (exact) mass is 423 g/mol. The Hall–Kier alpha value is -2.05. The molecule has 2 heterocycles. The Kier molecular flexibility index (Phi) is 6.62. The lowest BCUT2D eigenvalue weighted by atomic mass is 9.96. The molecule has 0 atom stereocenters. The van der Waals surface area contributed by atoms with Gasteiger partial charge < -0.3 is 9.64 Å². The second-order valence-corrected chi connectivity index (χ2v) is 7.58. The van der Waals surface area contributed by atoms with Crippen molar-refractivity contribution in [1.82, 2.24) is 14.7 Å². The highest BCUT2D eigenvalue weighted by atomic mass is 35.5. The Bertz CT molecular complexity index is 874. The van der Waals surface area contributed by atoms with Crippen LogP contribution in [0, 0.1) is 12.8 Å². The number of benzene rings is 1. The summed E-state index contributed by atoms with van der Waals surface area (Å²) in [5.41, 5.74) is 1.86. The molecule has 0 bridgehead atoms. The Morgan fingerprint density at radius 1 is 1.21 bits per heavy atom. The summed E-state index contributed by atoms with van der Waals surface area (Å²) < 4.78 is 6.68. The van der Waals surface area contributed by atoms with Crippen LogP contribution in [0.3, 0.4) is 0 Å². The van der Waals surface area contributed by atoms with E-state index in [1.165, 1.54) is 0 Å². The average Bonchev–Trinajstić information content (AvgIpc) is 2.96. The van der Waals surface area contributed by atoms with Crippen molar-refractivity contribution >= 4 is 35.1 Å². The van der Waals surface area contributed by atoms with Crippen molar-refractivity contribution in [2.24, 2.45) is 5.92 Å². The van der Waals surface area contributed by atoms with E-state index in [9.17, 15) is 9.59 Å². The summed E-state index contributed by atoms with van der Waals surface area (Å²) in [5.74, 6) is -0.491. The number of hydrogen-bond acceptors (Lipinski definition) is 4. The highest BCUT2D eigenvalue weighted by Crippen LogP contribution is 2.27. The van der Waals surface area contributed by atoms with Crippen molar-refractivity contribution < 1.29 is 14.3 Å². The third kappa shape index (κ3) is 4.33. The van der Waals surface area contributed by atoms with Crippen LogP contribution in [-0.4, -0.2) is 46.3 Å². The summed E-state index contributed by atoms with van der Waals surface area (Å²) >= 11 is 12.7. The summed E-state index contributed by atoms with van der Waals surface area (Å²) in [4.78, 5) is 26.6. The number of aromatic nitrogens is 2. The first-order valence-electron chi connectivity index (χ1n) is 9.34. The normalized spacial score (nSPS) is 14.9. The molecule has 0 unspecified atom stereocenters. The van der Waals surface area contributed by atoms with E-state index in [4.69, 9.17) is 27.9 Å². The molecule has 2 aromatic rings. The van der Waals surface area contributed by atoms with Gasteiger partial charge in [-0.15, -0.1) is 0 Å². The summed E-state index contributed by atoms with van der Waals surface area (Å²) in [6, 6.07) is 7.46. The van der Waals surface area contributed by atoms with Crippen LogP contribution in [0.1, 0.15) is 41.4 Å². The molecule has 3 rings (SSSR count). The van der Waals surface area contributed by atoms with Crippen molar-refractivity contribution in [3.05, 3.63) is 51.3 Å². The van der Waals surface area contributed by atoms with Crippen LogP contribution in [0.2, 0.25) is 10.2 Å². The largest absolute Gasteiger partial charge is 0.466 e. The standard InChI is InChI=1S/C20H23Cl2N3O3/c1-3-28-20(27)14-8-10-24(11-9-14)19(26)17-13(2)23-25(18(17)22)12-15-6-4-5-7-16(15)21/h4-7,14H,3,8-12H2,1-2H3. The van der Waals surface area contributed by atoms with E-state index in [2.05, 4.69) is 5.10 Å². The lowest BCUT2D eigenvalue weighted by Gasteiger charge is -2.30. The lowest BCUT2D eigenvalue weighted by Crippen LogP contribution is -2.40. The van der Waals surface area contributed by atoms with Crippen LogP contribution in [0.5, 0.6) is 0 Å². The number of rotatable bonds is 5. The van der Waals surface area contributed by atoms with Gasteiger partial charge in [0.05, 0.1) is 30.3 Å². The average molecular weight is 424 g/mol. The van der Waals surface area contributed by atoms with Crippen molar-refractivity contribution in [2.75, 3.05) is 19.7 Å². The van der Waals surface area contributed by atoms with Crippen LogP contribution in [0.15, 0.2) is 24.3 Å². The number of carbonyl (C=O) groups excluding carboxylic acids is 2. The fourth-order valence-corrected chi connectivity index (χ4v) is 3.94. The van der Waals surface area contributed by atoms with Gasteiger partial charge in [-0.1, -0.05) is 41.4 Å². The number of nitrogens with zero attached hydrogens (tertiary/aromatic N) is 3. The van der Waals surface area contributed by atoms with E-state index in [1.807, 2.05) is 18.2 Å². The molecule has 28 heavy (non-hydrogen) atoms. The van der Waals surface area contributed by atoms with Crippen LogP contribution in [0.4, 0.5) is 0 Å². The molecule has 150 valence electrons. The molecule has 0 saturated carbocycles. The van der Waals surface area contributed by atoms with E-state index in [-0.39, 0.29) is 17.8 Å². The van der Waals surface area contributed by atoms with Crippen molar-refractivity contribution in [1.29, 1.82) is 0 Å². The maximum atomic E-state index is 13.0. The predicted octanol–water partition coefficient (Wildman–Crippen LogP) is 3.96. The van der Waals surface area contributed by atoms with Gasteiger partial charge in [-0.2, -0.15) is 5.10 Å². The lowest BCUT2D eigenvalue weighted by molar-refractivity contribution is -0.149. The molecule has 0 aliphatic carbocycles. The molecule has 1 fully saturated rings. The van der Waals surface area contributed by atoms with Gasteiger partial charge >= 0.3 is 5.97 Å². The number of carbonyl (C=O) groups is 2. The molecule has 0 spiro atoms. The number of aryl methyl sites for hydroxylation is 1. The van der Waals surface area contributed by atoms with Crippen LogP contribution < -0.4 is 0 Å². The number of amides is 1. The Morgan fingerprint density at radius 2 is 1.89 bits per heavy atom. The minimum atomic E-state index is -0.184. The third-order valence-electron chi connectivity index (χ3n) is 4.96. The highest BCUT2D eigenvalue weighted by molar-refractivity contribution is 6.33. The molecule has 0 radical (unpaired) electrons. The number of ether oxygens (including phenoxy) is 1. The number of esters is 1. The first-order valence-corrected chi connectivity index (χ1v) is 10.1. The molecule has 8 heteroatoms. The van der Waals surface area contributed by atoms with Gasteiger partial charge in [0.2, 0.25) is 0 Å². The van der Waals surface area contributed by atoms with Gasteiger partial charge in [0.1, 0.15) is 5.15 Å². The van der Waals surface area contributed by atoms with Gasteiger partial charge in [-0.3, -0.25) is 9.59 Å². The second-order valence-electron chi connectivity index (χ2n) is 6.82. The van der Waals surface area contributed by atoms with Gasteiger partial charge in [-0.05, 0) is 38.3 Å². The molecule has 0 N–H and O–H groups in total. The maximum Gasteiger partial charge on any atom is 0.309 e.